The van der Waals surface area contributed by atoms with Crippen LogP contribution in [0.3, 0.4) is 0 Å². The first kappa shape index (κ1) is 21.6. The van der Waals surface area contributed by atoms with Gasteiger partial charge in [-0.3, -0.25) is 34.2 Å². The molecule has 3 fully saturated rings. The van der Waals surface area contributed by atoms with E-state index in [1.807, 2.05) is 0 Å². The predicted octanol–water partition coefficient (Wildman–Crippen LogP) is 1.70. The second-order valence-corrected chi connectivity index (χ2v) is 9.48. The maximum atomic E-state index is 12.9. The zero-order valence-electron chi connectivity index (χ0n) is 18.4. The van der Waals surface area contributed by atoms with E-state index in [-0.39, 0.29) is 42.0 Å². The van der Waals surface area contributed by atoms with E-state index in [0.717, 1.165) is 30.6 Å². The smallest absolute Gasteiger partial charge is 0.262 e. The summed E-state index contributed by atoms with van der Waals surface area (Å²) in [6, 6.07) is 3.43. The lowest BCUT2D eigenvalue weighted by atomic mass is 9.82. The Bertz CT molecular complexity index is 1040. The van der Waals surface area contributed by atoms with Gasteiger partial charge in [0.25, 0.3) is 17.7 Å². The fourth-order valence-electron chi connectivity index (χ4n) is 5.43. The molecule has 1 aromatic carbocycles. The summed E-state index contributed by atoms with van der Waals surface area (Å²) < 4.78 is 5.64. The highest BCUT2D eigenvalue weighted by Crippen LogP contribution is 2.48. The number of benzene rings is 1. The first-order valence-corrected chi connectivity index (χ1v) is 11.7. The molecule has 0 bridgehead atoms. The van der Waals surface area contributed by atoms with Gasteiger partial charge >= 0.3 is 0 Å². The van der Waals surface area contributed by atoms with Crippen molar-refractivity contribution in [3.8, 4) is 5.75 Å². The van der Waals surface area contributed by atoms with Crippen molar-refractivity contribution < 1.29 is 28.7 Å². The summed E-state index contributed by atoms with van der Waals surface area (Å²) in [5.74, 6) is -1.59. The van der Waals surface area contributed by atoms with Crippen LogP contribution in [0.5, 0.6) is 5.75 Å². The average molecular weight is 453 g/mol. The van der Waals surface area contributed by atoms with E-state index in [9.17, 15) is 24.0 Å². The third kappa shape index (κ3) is 4.00. The summed E-state index contributed by atoms with van der Waals surface area (Å²) in [5, 5.41) is 5.34. The number of hydrogen-bond donors (Lipinski definition) is 2. The van der Waals surface area contributed by atoms with Crippen LogP contribution in [-0.4, -0.2) is 52.6 Å². The number of nitrogens with one attached hydrogen (secondary N) is 2. The molecule has 0 radical (unpaired) electrons. The minimum Gasteiger partial charge on any atom is -0.484 e. The molecule has 5 amide bonds. The molecule has 33 heavy (non-hydrogen) atoms. The second-order valence-electron chi connectivity index (χ2n) is 9.48. The van der Waals surface area contributed by atoms with Crippen LogP contribution in [0.4, 0.5) is 0 Å². The number of amides is 5. The van der Waals surface area contributed by atoms with Crippen LogP contribution < -0.4 is 15.4 Å². The Morgan fingerprint density at radius 3 is 2.45 bits per heavy atom. The van der Waals surface area contributed by atoms with Gasteiger partial charge < -0.3 is 10.1 Å². The van der Waals surface area contributed by atoms with E-state index < -0.39 is 29.7 Å². The minimum atomic E-state index is -1.01. The van der Waals surface area contributed by atoms with Crippen LogP contribution in [0.25, 0.3) is 0 Å². The highest BCUT2D eigenvalue weighted by atomic mass is 16.5. The van der Waals surface area contributed by atoms with Crippen LogP contribution >= 0.6 is 0 Å². The topological polar surface area (TPSA) is 122 Å². The van der Waals surface area contributed by atoms with Crippen molar-refractivity contribution in [2.24, 2.45) is 5.92 Å². The Balaban J connectivity index is 1.22. The average Bonchev–Trinajstić information content (AvgIpc) is 3.55. The van der Waals surface area contributed by atoms with Crippen molar-refractivity contribution >= 4 is 29.5 Å². The lowest BCUT2D eigenvalue weighted by molar-refractivity contribution is -0.136. The molecule has 2 N–H and O–H groups in total. The minimum absolute atomic E-state index is 0.0651. The summed E-state index contributed by atoms with van der Waals surface area (Å²) in [6.07, 6.45) is 8.21. The van der Waals surface area contributed by atoms with E-state index in [4.69, 9.17) is 4.74 Å². The highest BCUT2D eigenvalue weighted by Gasteiger charge is 2.50. The van der Waals surface area contributed by atoms with Gasteiger partial charge in [-0.1, -0.05) is 19.3 Å². The van der Waals surface area contributed by atoms with Gasteiger partial charge in [0.15, 0.2) is 6.61 Å². The normalized spacial score (nSPS) is 24.4. The number of piperidine rings is 1. The third-order valence-corrected chi connectivity index (χ3v) is 7.34. The monoisotopic (exact) mass is 453 g/mol. The molecule has 4 aliphatic rings. The standard InChI is InChI=1S/C24H27N3O6/c28-19-9-8-18(21(30)25-19)27-22(31)16-7-6-15(12-17(16)23(27)32)33-13-20(29)26-24(10-11-24)14-4-2-1-3-5-14/h6-7,12,14,18H,1-5,8-11,13H2,(H,26,29)(H,25,28,30). The Morgan fingerprint density at radius 1 is 1.03 bits per heavy atom. The molecule has 2 aliphatic heterocycles. The number of rotatable bonds is 6. The largest absolute Gasteiger partial charge is 0.484 e. The maximum absolute atomic E-state index is 12.9. The van der Waals surface area contributed by atoms with Crippen LogP contribution in [0.1, 0.15) is 78.5 Å². The van der Waals surface area contributed by atoms with Crippen LogP contribution in [0, 0.1) is 5.92 Å². The zero-order valence-corrected chi connectivity index (χ0v) is 18.4. The lowest BCUT2D eigenvalue weighted by Gasteiger charge is -2.31. The molecule has 2 heterocycles. The number of nitrogens with zero attached hydrogens (tertiary/aromatic N) is 1. The Kier molecular flexibility index (Phi) is 5.42. The summed E-state index contributed by atoms with van der Waals surface area (Å²) in [4.78, 5) is 62.7. The van der Waals surface area contributed by atoms with Crippen molar-refractivity contribution in [3.05, 3.63) is 29.3 Å². The number of fused-ring (bicyclic) bond motifs is 1. The fraction of sp³-hybridized carbons (Fsp3) is 0.542. The maximum Gasteiger partial charge on any atom is 0.262 e. The third-order valence-electron chi connectivity index (χ3n) is 7.34. The van der Waals surface area contributed by atoms with E-state index in [1.165, 1.54) is 31.4 Å². The van der Waals surface area contributed by atoms with Gasteiger partial charge in [-0.2, -0.15) is 0 Å². The Hall–Kier alpha value is -3.23. The van der Waals surface area contributed by atoms with Crippen molar-refractivity contribution in [1.29, 1.82) is 0 Å². The van der Waals surface area contributed by atoms with E-state index in [0.29, 0.717) is 11.7 Å². The van der Waals surface area contributed by atoms with Gasteiger partial charge in [0.1, 0.15) is 11.8 Å². The van der Waals surface area contributed by atoms with E-state index in [2.05, 4.69) is 10.6 Å². The number of hydrogen-bond acceptors (Lipinski definition) is 6. The Morgan fingerprint density at radius 2 is 1.76 bits per heavy atom. The second kappa shape index (κ2) is 8.28. The molecule has 1 aromatic rings. The van der Waals surface area contributed by atoms with Gasteiger partial charge in [-0.05, 0) is 56.2 Å². The predicted molar refractivity (Wildman–Crippen MR) is 115 cm³/mol. The number of imide groups is 2. The molecular formula is C24H27N3O6. The van der Waals surface area contributed by atoms with Crippen molar-refractivity contribution in [2.45, 2.75) is 69.4 Å². The number of carbonyl (C=O) groups excluding carboxylic acids is 5. The molecule has 1 unspecified atom stereocenters. The molecular weight excluding hydrogens is 426 g/mol. The van der Waals surface area contributed by atoms with Crippen molar-refractivity contribution in [3.63, 3.8) is 0 Å². The number of carbonyl (C=O) groups is 5. The first-order valence-electron chi connectivity index (χ1n) is 11.7. The summed E-state index contributed by atoms with van der Waals surface area (Å²) in [5.41, 5.74) is 0.225. The zero-order chi connectivity index (χ0) is 23.2. The molecule has 1 atom stereocenters. The van der Waals surface area contributed by atoms with Gasteiger partial charge in [0, 0.05) is 12.0 Å². The van der Waals surface area contributed by atoms with Gasteiger partial charge in [0.05, 0.1) is 11.1 Å². The summed E-state index contributed by atoms with van der Waals surface area (Å²) in [7, 11) is 0. The van der Waals surface area contributed by atoms with E-state index in [1.54, 1.807) is 6.07 Å². The molecule has 0 aromatic heterocycles. The van der Waals surface area contributed by atoms with Gasteiger partial charge in [-0.25, -0.2) is 0 Å². The summed E-state index contributed by atoms with van der Waals surface area (Å²) >= 11 is 0. The first-order chi connectivity index (χ1) is 15.9. The molecule has 9 heteroatoms. The fourth-order valence-corrected chi connectivity index (χ4v) is 5.43. The quantitative estimate of drug-likeness (QED) is 0.632. The molecule has 174 valence electrons. The molecule has 2 saturated carbocycles. The van der Waals surface area contributed by atoms with E-state index >= 15 is 0 Å². The van der Waals surface area contributed by atoms with Gasteiger partial charge in [0.2, 0.25) is 11.8 Å². The van der Waals surface area contributed by atoms with Crippen LogP contribution in [-0.2, 0) is 14.4 Å². The number of ether oxygens (including phenoxy) is 1. The molecule has 9 nitrogen and oxygen atoms in total. The van der Waals surface area contributed by atoms with Crippen molar-refractivity contribution in [1.82, 2.24) is 15.5 Å². The van der Waals surface area contributed by atoms with Crippen LogP contribution in [0.15, 0.2) is 18.2 Å². The molecule has 0 spiro atoms. The molecule has 1 saturated heterocycles. The molecule has 2 aliphatic carbocycles. The summed E-state index contributed by atoms with van der Waals surface area (Å²) in [6.45, 7) is -0.174. The lowest BCUT2D eigenvalue weighted by Crippen LogP contribution is -2.54. The SMILES string of the molecule is O=C1CCC(N2C(=O)c3ccc(OCC(=O)NC4(C5CCCCC5)CC4)cc3C2=O)C(=O)N1. The highest BCUT2D eigenvalue weighted by molar-refractivity contribution is 6.23. The van der Waals surface area contributed by atoms with Crippen LogP contribution in [0.2, 0.25) is 0 Å². The van der Waals surface area contributed by atoms with Crippen molar-refractivity contribution in [2.75, 3.05) is 6.61 Å². The molecule has 5 rings (SSSR count). The Labute approximate surface area is 191 Å². The van der Waals surface area contributed by atoms with Gasteiger partial charge in [-0.15, -0.1) is 0 Å².